The van der Waals surface area contributed by atoms with E-state index in [-0.39, 0.29) is 12.0 Å². The highest BCUT2D eigenvalue weighted by Crippen LogP contribution is 2.44. The van der Waals surface area contributed by atoms with E-state index < -0.39 is 0 Å². The van der Waals surface area contributed by atoms with Crippen LogP contribution in [0.1, 0.15) is 44.1 Å². The Bertz CT molecular complexity index is 403. The number of ether oxygens (including phenoxy) is 2. The summed E-state index contributed by atoms with van der Waals surface area (Å²) in [6.45, 7) is 0.244. The number of hydrogen-bond donors (Lipinski definition) is 1. The summed E-state index contributed by atoms with van der Waals surface area (Å²) in [5.41, 5.74) is 1.39. The lowest BCUT2D eigenvalue weighted by Crippen LogP contribution is -2.30. The van der Waals surface area contributed by atoms with Gasteiger partial charge in [-0.3, -0.25) is 0 Å². The van der Waals surface area contributed by atoms with Gasteiger partial charge in [0.2, 0.25) is 0 Å². The Labute approximate surface area is 115 Å². The average Bonchev–Trinajstić information content (AvgIpc) is 2.47. The quantitative estimate of drug-likeness (QED) is 0.887. The molecule has 19 heavy (non-hydrogen) atoms. The van der Waals surface area contributed by atoms with E-state index in [0.29, 0.717) is 0 Å². The largest absolute Gasteiger partial charge is 0.493 e. The second-order valence-electron chi connectivity index (χ2n) is 5.38. The second kappa shape index (κ2) is 6.29. The molecule has 1 aromatic rings. The Morgan fingerprint density at radius 2 is 1.74 bits per heavy atom. The van der Waals surface area contributed by atoms with Crippen molar-refractivity contribution in [1.82, 2.24) is 0 Å². The van der Waals surface area contributed by atoms with Crippen LogP contribution in [0.25, 0.3) is 0 Å². The molecular weight excluding hydrogens is 240 g/mol. The SMILES string of the molecule is COc1ccc(C2(CCO)CCCCC2)cc1OC. The zero-order valence-electron chi connectivity index (χ0n) is 11.9. The van der Waals surface area contributed by atoms with Gasteiger partial charge in [-0.15, -0.1) is 0 Å². The predicted octanol–water partition coefficient (Wildman–Crippen LogP) is 3.29. The number of aliphatic hydroxyl groups is 1. The molecule has 0 aromatic heterocycles. The first-order chi connectivity index (χ1) is 9.25. The van der Waals surface area contributed by atoms with Crippen LogP contribution < -0.4 is 9.47 Å². The summed E-state index contributed by atoms with van der Waals surface area (Å²) in [5, 5.41) is 9.42. The maximum Gasteiger partial charge on any atom is 0.161 e. The van der Waals surface area contributed by atoms with Gasteiger partial charge in [-0.25, -0.2) is 0 Å². The first-order valence-corrected chi connectivity index (χ1v) is 7.09. The van der Waals surface area contributed by atoms with Gasteiger partial charge in [0.25, 0.3) is 0 Å². The Hall–Kier alpha value is -1.22. The number of benzene rings is 1. The summed E-state index contributed by atoms with van der Waals surface area (Å²) in [6.07, 6.45) is 6.94. The van der Waals surface area contributed by atoms with Crippen molar-refractivity contribution in [2.24, 2.45) is 0 Å². The maximum atomic E-state index is 9.42. The van der Waals surface area contributed by atoms with Crippen molar-refractivity contribution in [2.45, 2.75) is 43.9 Å². The molecule has 1 aliphatic rings. The number of methoxy groups -OCH3 is 2. The molecule has 0 spiro atoms. The zero-order chi connectivity index (χ0) is 13.7. The summed E-state index contributed by atoms with van der Waals surface area (Å²) >= 11 is 0. The van der Waals surface area contributed by atoms with Gasteiger partial charge >= 0.3 is 0 Å². The summed E-state index contributed by atoms with van der Waals surface area (Å²) in [7, 11) is 3.32. The minimum absolute atomic E-state index is 0.118. The summed E-state index contributed by atoms with van der Waals surface area (Å²) < 4.78 is 10.7. The van der Waals surface area contributed by atoms with Gasteiger partial charge in [0.1, 0.15) is 0 Å². The molecule has 0 aliphatic heterocycles. The van der Waals surface area contributed by atoms with Crippen LogP contribution in [-0.4, -0.2) is 25.9 Å². The topological polar surface area (TPSA) is 38.7 Å². The lowest BCUT2D eigenvalue weighted by molar-refractivity contribution is 0.197. The summed E-state index contributed by atoms with van der Waals surface area (Å²) in [5.74, 6) is 1.55. The third kappa shape index (κ3) is 2.86. The molecule has 0 bridgehead atoms. The van der Waals surface area contributed by atoms with E-state index in [9.17, 15) is 5.11 Å². The summed E-state index contributed by atoms with van der Waals surface area (Å²) in [6, 6.07) is 6.18. The van der Waals surface area contributed by atoms with Crippen molar-refractivity contribution in [3.8, 4) is 11.5 Å². The smallest absolute Gasteiger partial charge is 0.161 e. The van der Waals surface area contributed by atoms with Gasteiger partial charge in [-0.1, -0.05) is 25.3 Å². The van der Waals surface area contributed by atoms with E-state index in [1.54, 1.807) is 14.2 Å². The molecule has 1 aromatic carbocycles. The molecule has 3 heteroatoms. The van der Waals surface area contributed by atoms with Crippen LogP contribution in [0.4, 0.5) is 0 Å². The monoisotopic (exact) mass is 264 g/mol. The van der Waals surface area contributed by atoms with Crippen molar-refractivity contribution in [3.63, 3.8) is 0 Å². The van der Waals surface area contributed by atoms with Crippen LogP contribution in [0.3, 0.4) is 0 Å². The van der Waals surface area contributed by atoms with Crippen molar-refractivity contribution in [2.75, 3.05) is 20.8 Å². The lowest BCUT2D eigenvalue weighted by Gasteiger charge is -2.38. The Morgan fingerprint density at radius 3 is 2.32 bits per heavy atom. The maximum absolute atomic E-state index is 9.42. The van der Waals surface area contributed by atoms with Gasteiger partial charge in [0, 0.05) is 6.61 Å². The molecule has 0 heterocycles. The van der Waals surface area contributed by atoms with Crippen LogP contribution in [0, 0.1) is 0 Å². The molecule has 2 rings (SSSR count). The molecule has 0 atom stereocenters. The Balaban J connectivity index is 2.36. The zero-order valence-corrected chi connectivity index (χ0v) is 11.9. The van der Waals surface area contributed by atoms with Gasteiger partial charge in [0.15, 0.2) is 11.5 Å². The molecule has 3 nitrogen and oxygen atoms in total. The highest BCUT2D eigenvalue weighted by atomic mass is 16.5. The highest BCUT2D eigenvalue weighted by Gasteiger charge is 2.33. The minimum atomic E-state index is 0.118. The lowest BCUT2D eigenvalue weighted by atomic mass is 9.67. The fraction of sp³-hybridized carbons (Fsp3) is 0.625. The van der Waals surface area contributed by atoms with Gasteiger partial charge < -0.3 is 14.6 Å². The van der Waals surface area contributed by atoms with E-state index in [1.165, 1.54) is 24.8 Å². The molecule has 0 unspecified atom stereocenters. The van der Waals surface area contributed by atoms with Gasteiger partial charge in [-0.2, -0.15) is 0 Å². The molecule has 1 saturated carbocycles. The molecule has 0 radical (unpaired) electrons. The van der Waals surface area contributed by atoms with Crippen molar-refractivity contribution >= 4 is 0 Å². The highest BCUT2D eigenvalue weighted by molar-refractivity contribution is 5.45. The number of rotatable bonds is 5. The van der Waals surface area contributed by atoms with Crippen LogP contribution in [-0.2, 0) is 5.41 Å². The van der Waals surface area contributed by atoms with E-state index >= 15 is 0 Å². The second-order valence-corrected chi connectivity index (χ2v) is 5.38. The van der Waals surface area contributed by atoms with Crippen LogP contribution in [0.5, 0.6) is 11.5 Å². The first-order valence-electron chi connectivity index (χ1n) is 7.09. The fourth-order valence-corrected chi connectivity index (χ4v) is 3.29. The number of hydrogen-bond acceptors (Lipinski definition) is 3. The van der Waals surface area contributed by atoms with Crippen LogP contribution >= 0.6 is 0 Å². The fourth-order valence-electron chi connectivity index (χ4n) is 3.29. The van der Waals surface area contributed by atoms with Gasteiger partial charge in [-0.05, 0) is 42.4 Å². The van der Waals surface area contributed by atoms with E-state index in [4.69, 9.17) is 9.47 Å². The Morgan fingerprint density at radius 1 is 1.05 bits per heavy atom. The van der Waals surface area contributed by atoms with E-state index in [0.717, 1.165) is 30.8 Å². The normalized spacial score (nSPS) is 18.1. The molecule has 0 amide bonds. The molecule has 106 valence electrons. The van der Waals surface area contributed by atoms with Crippen molar-refractivity contribution in [3.05, 3.63) is 23.8 Å². The van der Waals surface area contributed by atoms with E-state index in [1.807, 2.05) is 6.07 Å². The third-order valence-corrected chi connectivity index (χ3v) is 4.40. The van der Waals surface area contributed by atoms with Crippen molar-refractivity contribution < 1.29 is 14.6 Å². The van der Waals surface area contributed by atoms with Gasteiger partial charge in [0.05, 0.1) is 14.2 Å². The van der Waals surface area contributed by atoms with Crippen LogP contribution in [0.2, 0.25) is 0 Å². The van der Waals surface area contributed by atoms with Crippen LogP contribution in [0.15, 0.2) is 18.2 Å². The minimum Gasteiger partial charge on any atom is -0.493 e. The number of aliphatic hydroxyl groups excluding tert-OH is 1. The Kier molecular flexibility index (Phi) is 4.70. The molecule has 1 fully saturated rings. The summed E-state index contributed by atoms with van der Waals surface area (Å²) in [4.78, 5) is 0. The first kappa shape index (κ1) is 14.2. The van der Waals surface area contributed by atoms with Crippen molar-refractivity contribution in [1.29, 1.82) is 0 Å². The molecule has 1 N–H and O–H groups in total. The standard InChI is InChI=1S/C16H24O3/c1-18-14-7-6-13(12-15(14)19-2)16(10-11-17)8-4-3-5-9-16/h6-7,12,17H,3-5,8-11H2,1-2H3. The predicted molar refractivity (Wildman–Crippen MR) is 76.0 cm³/mol. The third-order valence-electron chi connectivity index (χ3n) is 4.40. The van der Waals surface area contributed by atoms with E-state index in [2.05, 4.69) is 12.1 Å². The average molecular weight is 264 g/mol. The molecular formula is C16H24O3. The molecule has 0 saturated heterocycles. The molecule has 1 aliphatic carbocycles.